The van der Waals surface area contributed by atoms with Gasteiger partial charge in [-0.2, -0.15) is 0 Å². The molecule has 5 nitrogen and oxygen atoms in total. The van der Waals surface area contributed by atoms with Crippen molar-refractivity contribution in [2.24, 2.45) is 0 Å². The van der Waals surface area contributed by atoms with Crippen LogP contribution in [0.4, 0.5) is 0 Å². The monoisotopic (exact) mass is 298 g/mol. The Morgan fingerprint density at radius 3 is 2.00 bits per heavy atom. The summed E-state index contributed by atoms with van der Waals surface area (Å²) >= 11 is 0. The Bertz CT molecular complexity index is 592. The summed E-state index contributed by atoms with van der Waals surface area (Å²) in [7, 11) is 0. The van der Waals surface area contributed by atoms with Gasteiger partial charge in [0, 0.05) is 26.1 Å². The lowest BCUT2D eigenvalue weighted by Gasteiger charge is -2.21. The summed E-state index contributed by atoms with van der Waals surface area (Å²) in [5.41, 5.74) is 0.794. The SMILES string of the molecule is C=CCN(CC=C)C(=O)CCN1C(=O)c2ccccc2C1=O. The molecule has 1 aromatic carbocycles. The highest BCUT2D eigenvalue weighted by atomic mass is 16.2. The topological polar surface area (TPSA) is 57.7 Å². The minimum atomic E-state index is -0.340. The van der Waals surface area contributed by atoms with Gasteiger partial charge >= 0.3 is 0 Å². The predicted molar refractivity (Wildman–Crippen MR) is 83.4 cm³/mol. The Hall–Kier alpha value is -2.69. The second kappa shape index (κ2) is 6.85. The van der Waals surface area contributed by atoms with Crippen LogP contribution in [0.2, 0.25) is 0 Å². The summed E-state index contributed by atoms with van der Waals surface area (Å²) in [4.78, 5) is 39.2. The van der Waals surface area contributed by atoms with Crippen molar-refractivity contribution in [3.63, 3.8) is 0 Å². The predicted octanol–water partition coefficient (Wildman–Crippen LogP) is 1.87. The van der Waals surface area contributed by atoms with E-state index in [1.54, 1.807) is 41.3 Å². The fourth-order valence-corrected chi connectivity index (χ4v) is 2.40. The Balaban J connectivity index is 2.02. The van der Waals surface area contributed by atoms with E-state index in [0.717, 1.165) is 4.90 Å². The largest absolute Gasteiger partial charge is 0.335 e. The van der Waals surface area contributed by atoms with Crippen molar-refractivity contribution in [3.05, 3.63) is 60.7 Å². The van der Waals surface area contributed by atoms with Crippen molar-refractivity contribution in [2.45, 2.75) is 6.42 Å². The number of imide groups is 1. The van der Waals surface area contributed by atoms with Gasteiger partial charge in [-0.1, -0.05) is 24.3 Å². The van der Waals surface area contributed by atoms with Crippen molar-refractivity contribution in [1.29, 1.82) is 0 Å². The van der Waals surface area contributed by atoms with E-state index in [1.807, 2.05) is 0 Å². The standard InChI is InChI=1S/C17H18N2O3/c1-3-10-18(11-4-2)15(20)9-12-19-16(21)13-7-5-6-8-14(13)17(19)22/h3-8H,1-2,9-12H2. The summed E-state index contributed by atoms with van der Waals surface area (Å²) in [5.74, 6) is -0.823. The summed E-state index contributed by atoms with van der Waals surface area (Å²) in [5, 5.41) is 0. The molecule has 0 saturated carbocycles. The number of nitrogens with zero attached hydrogens (tertiary/aromatic N) is 2. The van der Waals surface area contributed by atoms with Crippen LogP contribution in [-0.2, 0) is 4.79 Å². The highest BCUT2D eigenvalue weighted by molar-refractivity contribution is 6.21. The van der Waals surface area contributed by atoms with Gasteiger partial charge in [-0.05, 0) is 12.1 Å². The van der Waals surface area contributed by atoms with E-state index in [1.165, 1.54) is 0 Å². The molecule has 0 N–H and O–H groups in total. The first-order valence-corrected chi connectivity index (χ1v) is 7.05. The lowest BCUT2D eigenvalue weighted by Crippen LogP contribution is -2.37. The van der Waals surface area contributed by atoms with Crippen molar-refractivity contribution in [1.82, 2.24) is 9.80 Å². The number of amides is 3. The Kier molecular flexibility index (Phi) is 4.88. The van der Waals surface area contributed by atoms with Crippen molar-refractivity contribution in [3.8, 4) is 0 Å². The third-order valence-corrected chi connectivity index (χ3v) is 3.48. The quantitative estimate of drug-likeness (QED) is 0.570. The maximum absolute atomic E-state index is 12.2. The van der Waals surface area contributed by atoms with Crippen LogP contribution < -0.4 is 0 Å². The minimum Gasteiger partial charge on any atom is -0.335 e. The molecule has 1 aliphatic heterocycles. The zero-order valence-corrected chi connectivity index (χ0v) is 12.3. The Labute approximate surface area is 129 Å². The molecule has 1 aromatic rings. The highest BCUT2D eigenvalue weighted by Crippen LogP contribution is 2.22. The van der Waals surface area contributed by atoms with Crippen molar-refractivity contribution < 1.29 is 14.4 Å². The molecule has 0 aliphatic carbocycles. The van der Waals surface area contributed by atoms with Gasteiger partial charge < -0.3 is 4.90 Å². The van der Waals surface area contributed by atoms with Crippen LogP contribution in [0.25, 0.3) is 0 Å². The molecule has 0 radical (unpaired) electrons. The first-order valence-electron chi connectivity index (χ1n) is 7.05. The zero-order chi connectivity index (χ0) is 16.1. The number of hydrogen-bond acceptors (Lipinski definition) is 3. The van der Waals surface area contributed by atoms with Crippen molar-refractivity contribution >= 4 is 17.7 Å². The van der Waals surface area contributed by atoms with Crippen molar-refractivity contribution in [2.75, 3.05) is 19.6 Å². The van der Waals surface area contributed by atoms with Gasteiger partial charge in [0.15, 0.2) is 0 Å². The number of carbonyl (C=O) groups is 3. The molecule has 5 heteroatoms. The van der Waals surface area contributed by atoms with Crippen LogP contribution in [0.1, 0.15) is 27.1 Å². The fraction of sp³-hybridized carbons (Fsp3) is 0.235. The van der Waals surface area contributed by atoms with Gasteiger partial charge in [0.2, 0.25) is 5.91 Å². The molecule has 0 unspecified atom stereocenters. The van der Waals surface area contributed by atoms with Gasteiger partial charge in [-0.25, -0.2) is 0 Å². The second-order valence-corrected chi connectivity index (χ2v) is 4.93. The normalized spacial score (nSPS) is 13.0. The van der Waals surface area contributed by atoms with E-state index < -0.39 is 0 Å². The summed E-state index contributed by atoms with van der Waals surface area (Å²) in [6.07, 6.45) is 3.35. The first-order chi connectivity index (χ1) is 10.6. The van der Waals surface area contributed by atoms with E-state index in [9.17, 15) is 14.4 Å². The average molecular weight is 298 g/mol. The molecule has 0 spiro atoms. The van der Waals surface area contributed by atoms with Crippen LogP contribution in [0.5, 0.6) is 0 Å². The van der Waals surface area contributed by atoms with E-state index in [0.29, 0.717) is 24.2 Å². The number of benzene rings is 1. The molecule has 0 saturated heterocycles. The molecule has 114 valence electrons. The highest BCUT2D eigenvalue weighted by Gasteiger charge is 2.35. The Morgan fingerprint density at radius 2 is 1.55 bits per heavy atom. The summed E-state index contributed by atoms with van der Waals surface area (Å²) in [6.45, 7) is 8.11. The Morgan fingerprint density at radius 1 is 1.05 bits per heavy atom. The molecular formula is C17H18N2O3. The zero-order valence-electron chi connectivity index (χ0n) is 12.3. The van der Waals surface area contributed by atoms with E-state index in [4.69, 9.17) is 0 Å². The number of rotatable bonds is 7. The average Bonchev–Trinajstić information content (AvgIpc) is 2.77. The number of hydrogen-bond donors (Lipinski definition) is 0. The van der Waals surface area contributed by atoms with E-state index in [-0.39, 0.29) is 30.7 Å². The molecule has 0 bridgehead atoms. The number of fused-ring (bicyclic) bond motifs is 1. The lowest BCUT2D eigenvalue weighted by atomic mass is 10.1. The summed E-state index contributed by atoms with van der Waals surface area (Å²) < 4.78 is 0. The summed E-state index contributed by atoms with van der Waals surface area (Å²) in [6, 6.07) is 6.68. The molecule has 3 amide bonds. The van der Waals surface area contributed by atoms with E-state index in [2.05, 4.69) is 13.2 Å². The van der Waals surface area contributed by atoms with Gasteiger partial charge in [-0.15, -0.1) is 13.2 Å². The van der Waals surface area contributed by atoms with Crippen LogP contribution in [0.3, 0.4) is 0 Å². The molecule has 1 aliphatic rings. The molecule has 1 heterocycles. The maximum Gasteiger partial charge on any atom is 0.261 e. The maximum atomic E-state index is 12.2. The lowest BCUT2D eigenvalue weighted by molar-refractivity contribution is -0.130. The van der Waals surface area contributed by atoms with Gasteiger partial charge in [-0.3, -0.25) is 19.3 Å². The molecule has 0 fully saturated rings. The third-order valence-electron chi connectivity index (χ3n) is 3.48. The van der Waals surface area contributed by atoms with Gasteiger partial charge in [0.25, 0.3) is 11.8 Å². The molecule has 2 rings (SSSR count). The number of carbonyl (C=O) groups excluding carboxylic acids is 3. The smallest absolute Gasteiger partial charge is 0.261 e. The molecule has 22 heavy (non-hydrogen) atoms. The van der Waals surface area contributed by atoms with Crippen LogP contribution in [0.15, 0.2) is 49.6 Å². The minimum absolute atomic E-state index is 0.0793. The van der Waals surface area contributed by atoms with E-state index >= 15 is 0 Å². The van der Waals surface area contributed by atoms with Crippen LogP contribution in [-0.4, -0.2) is 47.2 Å². The second-order valence-electron chi connectivity index (χ2n) is 4.93. The van der Waals surface area contributed by atoms with Gasteiger partial charge in [0.1, 0.15) is 0 Å². The molecular weight excluding hydrogens is 280 g/mol. The van der Waals surface area contributed by atoms with Gasteiger partial charge in [0.05, 0.1) is 11.1 Å². The fourth-order valence-electron chi connectivity index (χ4n) is 2.40. The van der Waals surface area contributed by atoms with Crippen LogP contribution in [0, 0.1) is 0 Å². The van der Waals surface area contributed by atoms with Crippen LogP contribution >= 0.6 is 0 Å². The first kappa shape index (κ1) is 15.7. The molecule has 0 aromatic heterocycles. The molecule has 0 atom stereocenters. The third kappa shape index (κ3) is 2.98.